The molecule has 0 aliphatic carbocycles. The lowest BCUT2D eigenvalue weighted by Gasteiger charge is -2.15. The minimum Gasteiger partial charge on any atom is -0.463 e. The van der Waals surface area contributed by atoms with Crippen molar-refractivity contribution in [2.45, 2.75) is 142 Å². The lowest BCUT2D eigenvalue weighted by molar-refractivity contribution is -0.147. The van der Waals surface area contributed by atoms with Gasteiger partial charge in [0.05, 0.1) is 13.2 Å². The number of allylic oxidation sites excluding steroid dienone is 4. The molecule has 0 aliphatic rings. The van der Waals surface area contributed by atoms with Crippen molar-refractivity contribution in [1.29, 1.82) is 0 Å². The Morgan fingerprint density at radius 1 is 0.738 bits per heavy atom. The van der Waals surface area contributed by atoms with Gasteiger partial charge in [0.2, 0.25) is 5.91 Å². The Balaban J connectivity index is 3.59. The Labute approximate surface area is 255 Å². The normalized spacial score (nSPS) is 13.9. The first-order chi connectivity index (χ1) is 20.3. The lowest BCUT2D eigenvalue weighted by atomic mass is 10.1. The van der Waals surface area contributed by atoms with E-state index in [9.17, 15) is 24.2 Å². The van der Waals surface area contributed by atoms with Crippen molar-refractivity contribution >= 4 is 19.7 Å². The van der Waals surface area contributed by atoms with Crippen LogP contribution < -0.4 is 5.32 Å². The van der Waals surface area contributed by atoms with Crippen LogP contribution in [0, 0.1) is 0 Å². The number of ether oxygens (including phenoxy) is 1. The molecule has 0 heterocycles. The minimum absolute atomic E-state index is 0.0778. The van der Waals surface area contributed by atoms with E-state index >= 15 is 0 Å². The Bertz CT molecular complexity index is 759. The molecule has 0 saturated heterocycles. The van der Waals surface area contributed by atoms with Gasteiger partial charge in [0.25, 0.3) is 0 Å². The first kappa shape index (κ1) is 40.5. The number of aliphatic hydroxyl groups excluding tert-OH is 1. The molecule has 1 amide bonds. The molecule has 42 heavy (non-hydrogen) atoms. The van der Waals surface area contributed by atoms with Gasteiger partial charge in [-0.3, -0.25) is 18.6 Å². The average Bonchev–Trinajstić information content (AvgIpc) is 2.97. The maximum atomic E-state index is 11.9. The molecule has 0 radical (unpaired) electrons. The maximum Gasteiger partial charge on any atom is 0.472 e. The van der Waals surface area contributed by atoms with Gasteiger partial charge in [0.1, 0.15) is 12.7 Å². The van der Waals surface area contributed by atoms with Crippen LogP contribution in [0.15, 0.2) is 24.3 Å². The predicted octanol–water partition coefficient (Wildman–Crippen LogP) is 7.70. The fraction of sp³-hybridized carbons (Fsp3) is 0.812. The van der Waals surface area contributed by atoms with Crippen LogP contribution in [0.2, 0.25) is 0 Å². The standard InChI is InChI=1S/C32H60NO8P/c1-3-5-7-8-9-10-11-12-13-14-15-16-17-18-19-20-21-23-24-31(35)33-26-27-40-42(37,38)41-29-30(34)28-39-32(36)25-22-6-4-2/h10-11,13-14,30,34H,3-9,12,15-29H2,1-2H3,(H,33,35)(H,37,38)/b11-10-,14-13-. The fourth-order valence-electron chi connectivity index (χ4n) is 4.11. The van der Waals surface area contributed by atoms with E-state index in [1.807, 2.05) is 6.92 Å². The molecule has 0 rings (SSSR count). The second kappa shape index (κ2) is 29.6. The summed E-state index contributed by atoms with van der Waals surface area (Å²) < 4.78 is 26.3. The third kappa shape index (κ3) is 30.0. The first-order valence-electron chi connectivity index (χ1n) is 16.3. The van der Waals surface area contributed by atoms with E-state index in [2.05, 4.69) is 36.5 Å². The Morgan fingerprint density at radius 2 is 1.29 bits per heavy atom. The van der Waals surface area contributed by atoms with Crippen LogP contribution in [-0.2, 0) is 27.9 Å². The van der Waals surface area contributed by atoms with E-state index in [-0.39, 0.29) is 32.1 Å². The number of carbonyl (C=O) groups excluding carboxylic acids is 2. The third-order valence-corrected chi connectivity index (χ3v) is 7.62. The summed E-state index contributed by atoms with van der Waals surface area (Å²) in [5.74, 6) is -0.551. The number of esters is 1. The van der Waals surface area contributed by atoms with Crippen LogP contribution in [0.4, 0.5) is 0 Å². The summed E-state index contributed by atoms with van der Waals surface area (Å²) in [6, 6.07) is 0. The molecule has 2 atom stereocenters. The van der Waals surface area contributed by atoms with Crippen LogP contribution >= 0.6 is 7.82 Å². The van der Waals surface area contributed by atoms with Gasteiger partial charge < -0.3 is 20.1 Å². The lowest BCUT2D eigenvalue weighted by Crippen LogP contribution is -2.27. The summed E-state index contributed by atoms with van der Waals surface area (Å²) in [5.41, 5.74) is 0. The molecule has 0 fully saturated rings. The monoisotopic (exact) mass is 617 g/mol. The number of phosphoric ester groups is 1. The van der Waals surface area contributed by atoms with E-state index in [1.165, 1.54) is 57.8 Å². The average molecular weight is 618 g/mol. The van der Waals surface area contributed by atoms with E-state index in [4.69, 9.17) is 13.8 Å². The topological polar surface area (TPSA) is 131 Å². The zero-order chi connectivity index (χ0) is 31.2. The van der Waals surface area contributed by atoms with Gasteiger partial charge in [-0.15, -0.1) is 0 Å². The summed E-state index contributed by atoms with van der Waals surface area (Å²) in [6.45, 7) is 3.30. The highest BCUT2D eigenvalue weighted by Gasteiger charge is 2.23. The number of hydrogen-bond donors (Lipinski definition) is 3. The summed E-state index contributed by atoms with van der Waals surface area (Å²) in [6.07, 6.45) is 27.7. The van der Waals surface area contributed by atoms with Crippen LogP contribution in [0.1, 0.15) is 136 Å². The molecule has 2 unspecified atom stereocenters. The van der Waals surface area contributed by atoms with E-state index in [0.29, 0.717) is 12.8 Å². The van der Waals surface area contributed by atoms with Gasteiger partial charge in [-0.1, -0.05) is 102 Å². The summed E-state index contributed by atoms with van der Waals surface area (Å²) in [5, 5.41) is 12.4. The Kier molecular flexibility index (Phi) is 28.5. The molecule has 0 aliphatic heterocycles. The molecule has 10 heteroatoms. The smallest absolute Gasteiger partial charge is 0.463 e. The summed E-state index contributed by atoms with van der Waals surface area (Å²) >= 11 is 0. The van der Waals surface area contributed by atoms with Crippen molar-refractivity contribution in [3.63, 3.8) is 0 Å². The summed E-state index contributed by atoms with van der Waals surface area (Å²) in [7, 11) is -4.39. The molecular weight excluding hydrogens is 557 g/mol. The quantitative estimate of drug-likeness (QED) is 0.0323. The highest BCUT2D eigenvalue weighted by atomic mass is 31.2. The van der Waals surface area contributed by atoms with Crippen molar-refractivity contribution in [2.24, 2.45) is 0 Å². The zero-order valence-corrected chi connectivity index (χ0v) is 27.3. The Hall–Kier alpha value is -1.51. The molecule has 0 saturated carbocycles. The Morgan fingerprint density at radius 3 is 1.93 bits per heavy atom. The molecule has 0 spiro atoms. The van der Waals surface area contributed by atoms with Crippen molar-refractivity contribution in [3.05, 3.63) is 24.3 Å². The molecule has 3 N–H and O–H groups in total. The maximum absolute atomic E-state index is 11.9. The number of rotatable bonds is 30. The molecule has 9 nitrogen and oxygen atoms in total. The SMILES string of the molecule is CCCCCC/C=C\C/C=C\CCCCCCCCCC(=O)NCCOP(=O)(O)OCC(O)COC(=O)CCCCC. The van der Waals surface area contributed by atoms with Crippen LogP contribution in [-0.4, -0.2) is 54.3 Å². The minimum atomic E-state index is -4.39. The van der Waals surface area contributed by atoms with Crippen LogP contribution in [0.5, 0.6) is 0 Å². The third-order valence-electron chi connectivity index (χ3n) is 6.63. The number of hydrogen-bond acceptors (Lipinski definition) is 7. The van der Waals surface area contributed by atoms with Crippen LogP contribution in [0.3, 0.4) is 0 Å². The number of unbranched alkanes of at least 4 members (excludes halogenated alkanes) is 13. The van der Waals surface area contributed by atoms with Gasteiger partial charge in [-0.05, 0) is 44.9 Å². The number of nitrogens with one attached hydrogen (secondary N) is 1. The number of carbonyl (C=O) groups is 2. The van der Waals surface area contributed by atoms with E-state index in [0.717, 1.165) is 44.9 Å². The van der Waals surface area contributed by atoms with E-state index < -0.39 is 26.5 Å². The van der Waals surface area contributed by atoms with Gasteiger partial charge in [0, 0.05) is 19.4 Å². The van der Waals surface area contributed by atoms with Gasteiger partial charge in [-0.25, -0.2) is 4.57 Å². The highest BCUT2D eigenvalue weighted by Crippen LogP contribution is 2.42. The van der Waals surface area contributed by atoms with Gasteiger partial charge >= 0.3 is 13.8 Å². The van der Waals surface area contributed by atoms with Crippen molar-refractivity contribution in [1.82, 2.24) is 5.32 Å². The number of aliphatic hydroxyl groups is 1. The fourth-order valence-corrected chi connectivity index (χ4v) is 4.87. The van der Waals surface area contributed by atoms with Gasteiger partial charge in [0.15, 0.2) is 0 Å². The summed E-state index contributed by atoms with van der Waals surface area (Å²) in [4.78, 5) is 33.2. The van der Waals surface area contributed by atoms with Gasteiger partial charge in [-0.2, -0.15) is 0 Å². The van der Waals surface area contributed by atoms with Crippen LogP contribution in [0.25, 0.3) is 0 Å². The molecule has 0 bridgehead atoms. The predicted molar refractivity (Wildman–Crippen MR) is 169 cm³/mol. The van der Waals surface area contributed by atoms with E-state index in [1.54, 1.807) is 0 Å². The molecule has 246 valence electrons. The first-order valence-corrected chi connectivity index (χ1v) is 17.8. The second-order valence-corrected chi connectivity index (χ2v) is 12.2. The molecule has 0 aromatic rings. The largest absolute Gasteiger partial charge is 0.472 e. The number of amides is 1. The zero-order valence-electron chi connectivity index (χ0n) is 26.4. The van der Waals surface area contributed by atoms with Crippen molar-refractivity contribution in [3.8, 4) is 0 Å². The van der Waals surface area contributed by atoms with Crippen molar-refractivity contribution in [2.75, 3.05) is 26.4 Å². The van der Waals surface area contributed by atoms with Crippen molar-refractivity contribution < 1.29 is 37.9 Å². The molecule has 0 aromatic carbocycles. The second-order valence-electron chi connectivity index (χ2n) is 10.8. The number of phosphoric acid groups is 1. The highest BCUT2D eigenvalue weighted by molar-refractivity contribution is 7.47. The molecule has 0 aromatic heterocycles. The molecular formula is C32H60NO8P.